The first kappa shape index (κ1) is 11.6. The predicted molar refractivity (Wildman–Crippen MR) is 66.0 cm³/mol. The van der Waals surface area contributed by atoms with Crippen molar-refractivity contribution in [3.05, 3.63) is 39.5 Å². The van der Waals surface area contributed by atoms with Crippen molar-refractivity contribution in [1.82, 2.24) is 9.55 Å². The van der Waals surface area contributed by atoms with Crippen LogP contribution in [-0.4, -0.2) is 9.55 Å². The van der Waals surface area contributed by atoms with Crippen LogP contribution in [0.3, 0.4) is 0 Å². The van der Waals surface area contributed by atoms with Gasteiger partial charge in [0, 0.05) is 17.6 Å². The number of halogens is 3. The fourth-order valence-corrected chi connectivity index (χ4v) is 2.45. The second-order valence-corrected chi connectivity index (χ2v) is 4.67. The lowest BCUT2D eigenvalue weighted by Crippen LogP contribution is -1.96. The summed E-state index contributed by atoms with van der Waals surface area (Å²) in [6, 6.07) is 4.47. The van der Waals surface area contributed by atoms with Gasteiger partial charge in [0.2, 0.25) is 0 Å². The van der Waals surface area contributed by atoms with Crippen molar-refractivity contribution in [3.63, 3.8) is 0 Å². The van der Waals surface area contributed by atoms with Crippen molar-refractivity contribution >= 4 is 27.5 Å². The smallest absolute Gasteiger partial charge is 0.132 e. The van der Waals surface area contributed by atoms with Crippen LogP contribution < -0.4 is 0 Å². The molecule has 0 aliphatic rings. The highest BCUT2D eigenvalue weighted by Gasteiger charge is 2.15. The Morgan fingerprint density at radius 1 is 1.44 bits per heavy atom. The third kappa shape index (κ3) is 1.87. The maximum absolute atomic E-state index is 13.7. The minimum Gasteiger partial charge on any atom is -0.330 e. The van der Waals surface area contributed by atoms with E-state index in [-0.39, 0.29) is 5.82 Å². The molecule has 1 aromatic carbocycles. The summed E-state index contributed by atoms with van der Waals surface area (Å²) in [6.45, 7) is 1.86. The fourth-order valence-electron chi connectivity index (χ4n) is 1.54. The summed E-state index contributed by atoms with van der Waals surface area (Å²) >= 11 is 9.19. The summed E-state index contributed by atoms with van der Waals surface area (Å²) in [5.74, 6) is 0.495. The van der Waals surface area contributed by atoms with E-state index in [1.165, 1.54) is 12.1 Å². The zero-order valence-corrected chi connectivity index (χ0v) is 11.1. The van der Waals surface area contributed by atoms with Crippen LogP contribution in [0.2, 0.25) is 5.02 Å². The van der Waals surface area contributed by atoms with Gasteiger partial charge in [-0.3, -0.25) is 0 Å². The number of aromatic nitrogens is 2. The lowest BCUT2D eigenvalue weighted by atomic mass is 10.1. The summed E-state index contributed by atoms with van der Waals surface area (Å²) < 4.78 is 16.1. The van der Waals surface area contributed by atoms with E-state index in [1.807, 2.05) is 18.5 Å². The third-order valence-electron chi connectivity index (χ3n) is 2.46. The molecular formula is C11H9BrClFN2. The second-order valence-electron chi connectivity index (χ2n) is 3.48. The monoisotopic (exact) mass is 302 g/mol. The predicted octanol–water partition coefficient (Wildman–Crippen LogP) is 3.95. The number of benzene rings is 1. The van der Waals surface area contributed by atoms with Crippen molar-refractivity contribution in [2.45, 2.75) is 6.92 Å². The van der Waals surface area contributed by atoms with Crippen LogP contribution in [-0.2, 0) is 7.05 Å². The number of imidazole rings is 1. The molecule has 16 heavy (non-hydrogen) atoms. The second kappa shape index (κ2) is 4.18. The molecule has 0 atom stereocenters. The first-order valence-electron chi connectivity index (χ1n) is 4.65. The van der Waals surface area contributed by atoms with Gasteiger partial charge in [0.1, 0.15) is 16.2 Å². The molecule has 1 aromatic heterocycles. The quantitative estimate of drug-likeness (QED) is 0.780. The highest BCUT2D eigenvalue weighted by Crippen LogP contribution is 2.31. The molecule has 0 N–H and O–H groups in total. The molecule has 0 aliphatic carbocycles. The van der Waals surface area contributed by atoms with Gasteiger partial charge < -0.3 is 4.57 Å². The van der Waals surface area contributed by atoms with Crippen molar-refractivity contribution in [3.8, 4) is 11.3 Å². The molecule has 2 nitrogen and oxygen atoms in total. The van der Waals surface area contributed by atoms with Gasteiger partial charge in [-0.2, -0.15) is 0 Å². The summed E-state index contributed by atoms with van der Waals surface area (Å²) in [4.78, 5) is 4.23. The molecule has 5 heteroatoms. The lowest BCUT2D eigenvalue weighted by Gasteiger charge is -2.06. The topological polar surface area (TPSA) is 17.8 Å². The molecule has 0 fully saturated rings. The van der Waals surface area contributed by atoms with E-state index in [1.54, 1.807) is 6.07 Å². The average molecular weight is 304 g/mol. The fraction of sp³-hybridized carbons (Fsp3) is 0.182. The zero-order chi connectivity index (χ0) is 11.9. The number of rotatable bonds is 1. The van der Waals surface area contributed by atoms with Crippen molar-refractivity contribution in [1.29, 1.82) is 0 Å². The summed E-state index contributed by atoms with van der Waals surface area (Å²) in [6.07, 6.45) is 0. The van der Waals surface area contributed by atoms with E-state index in [0.29, 0.717) is 20.9 Å². The van der Waals surface area contributed by atoms with Gasteiger partial charge in [-0.1, -0.05) is 11.6 Å². The molecule has 1 heterocycles. The molecule has 0 spiro atoms. The zero-order valence-electron chi connectivity index (χ0n) is 8.76. The van der Waals surface area contributed by atoms with Gasteiger partial charge in [-0.05, 0) is 41.1 Å². The van der Waals surface area contributed by atoms with Crippen LogP contribution >= 0.6 is 27.5 Å². The standard InChI is InChI=1S/C11H9BrClFN2/c1-6-15-11(12)10(16(6)2)8-5-7(13)3-4-9(8)14/h3-5H,1-2H3. The Bertz CT molecular complexity index is 551. The Balaban J connectivity index is 2.71. The first-order chi connectivity index (χ1) is 7.50. The molecule has 0 radical (unpaired) electrons. The van der Waals surface area contributed by atoms with Gasteiger partial charge >= 0.3 is 0 Å². The van der Waals surface area contributed by atoms with Crippen molar-refractivity contribution < 1.29 is 4.39 Å². The SMILES string of the molecule is Cc1nc(Br)c(-c2cc(Cl)ccc2F)n1C. The molecule has 0 aliphatic heterocycles. The van der Waals surface area contributed by atoms with E-state index < -0.39 is 0 Å². The first-order valence-corrected chi connectivity index (χ1v) is 5.82. The highest BCUT2D eigenvalue weighted by molar-refractivity contribution is 9.10. The largest absolute Gasteiger partial charge is 0.330 e. The van der Waals surface area contributed by atoms with E-state index in [2.05, 4.69) is 20.9 Å². The Morgan fingerprint density at radius 3 is 2.69 bits per heavy atom. The number of hydrogen-bond donors (Lipinski definition) is 0. The van der Waals surface area contributed by atoms with Crippen LogP contribution in [0.4, 0.5) is 4.39 Å². The molecule has 2 rings (SSSR count). The Morgan fingerprint density at radius 2 is 2.12 bits per heavy atom. The summed E-state index contributed by atoms with van der Waals surface area (Å²) in [5.41, 5.74) is 1.14. The van der Waals surface area contributed by atoms with Gasteiger partial charge in [-0.25, -0.2) is 9.37 Å². The van der Waals surface area contributed by atoms with Gasteiger partial charge in [0.15, 0.2) is 0 Å². The van der Waals surface area contributed by atoms with E-state index in [0.717, 1.165) is 5.82 Å². The Hall–Kier alpha value is -0.870. The molecule has 0 saturated heterocycles. The third-order valence-corrected chi connectivity index (χ3v) is 3.25. The van der Waals surface area contributed by atoms with Crippen molar-refractivity contribution in [2.24, 2.45) is 7.05 Å². The molecule has 0 amide bonds. The van der Waals surface area contributed by atoms with Gasteiger partial charge in [0.05, 0.1) is 5.69 Å². The van der Waals surface area contributed by atoms with Crippen LogP contribution in [0.1, 0.15) is 5.82 Å². The molecule has 84 valence electrons. The van der Waals surface area contributed by atoms with E-state index in [4.69, 9.17) is 11.6 Å². The normalized spacial score (nSPS) is 10.8. The Kier molecular flexibility index (Phi) is 3.04. The maximum atomic E-state index is 13.7. The van der Waals surface area contributed by atoms with E-state index in [9.17, 15) is 4.39 Å². The molecule has 2 aromatic rings. The molecular weight excluding hydrogens is 294 g/mol. The minimum absolute atomic E-state index is 0.312. The number of aryl methyl sites for hydroxylation is 1. The summed E-state index contributed by atoms with van der Waals surface area (Å²) in [7, 11) is 1.84. The van der Waals surface area contributed by atoms with Crippen LogP contribution in [0.15, 0.2) is 22.8 Å². The van der Waals surface area contributed by atoms with Crippen LogP contribution in [0.25, 0.3) is 11.3 Å². The minimum atomic E-state index is -0.312. The highest BCUT2D eigenvalue weighted by atomic mass is 79.9. The molecule has 0 bridgehead atoms. The molecule has 0 saturated carbocycles. The van der Waals surface area contributed by atoms with Gasteiger partial charge in [0.25, 0.3) is 0 Å². The number of hydrogen-bond acceptors (Lipinski definition) is 1. The van der Waals surface area contributed by atoms with Crippen molar-refractivity contribution in [2.75, 3.05) is 0 Å². The Labute approximate surface area is 106 Å². The average Bonchev–Trinajstić information content (AvgIpc) is 2.46. The molecule has 0 unspecified atom stereocenters. The number of nitrogens with zero attached hydrogens (tertiary/aromatic N) is 2. The van der Waals surface area contributed by atoms with Crippen LogP contribution in [0.5, 0.6) is 0 Å². The van der Waals surface area contributed by atoms with Gasteiger partial charge in [-0.15, -0.1) is 0 Å². The van der Waals surface area contributed by atoms with E-state index >= 15 is 0 Å². The summed E-state index contributed by atoms with van der Waals surface area (Å²) in [5, 5.41) is 0.502. The lowest BCUT2D eigenvalue weighted by molar-refractivity contribution is 0.629. The maximum Gasteiger partial charge on any atom is 0.132 e. The van der Waals surface area contributed by atoms with Crippen LogP contribution in [0, 0.1) is 12.7 Å².